The Kier molecular flexibility index (Phi) is 3.99. The van der Waals surface area contributed by atoms with Crippen LogP contribution in [0.1, 0.15) is 26.3 Å². The minimum Gasteiger partial charge on any atom is -0.392 e. The number of ether oxygens (including phenoxy) is 1. The number of anilines is 1. The quantitative estimate of drug-likeness (QED) is 0.911. The van der Waals surface area contributed by atoms with Crippen molar-refractivity contribution in [2.75, 3.05) is 18.0 Å². The number of aliphatic hydroxyl groups excluding tert-OH is 1. The van der Waals surface area contributed by atoms with Crippen molar-refractivity contribution < 1.29 is 9.84 Å². The van der Waals surface area contributed by atoms with E-state index >= 15 is 0 Å². The van der Waals surface area contributed by atoms with Crippen LogP contribution < -0.4 is 4.90 Å². The summed E-state index contributed by atoms with van der Waals surface area (Å²) in [7, 11) is 0. The second kappa shape index (κ2) is 5.19. The number of halogens is 1. The van der Waals surface area contributed by atoms with Gasteiger partial charge in [-0.15, -0.1) is 0 Å². The Morgan fingerprint density at radius 3 is 2.83 bits per heavy atom. The lowest BCUT2D eigenvalue weighted by atomic mass is 10.0. The topological polar surface area (TPSA) is 32.7 Å². The molecule has 1 aromatic carbocycles. The molecule has 4 heteroatoms. The second-order valence-electron chi connectivity index (χ2n) is 5.50. The van der Waals surface area contributed by atoms with Crippen LogP contribution in [0.3, 0.4) is 0 Å². The predicted molar refractivity (Wildman–Crippen MR) is 76.9 cm³/mol. The molecular formula is C14H20BrNO2. The van der Waals surface area contributed by atoms with E-state index in [9.17, 15) is 5.11 Å². The Labute approximate surface area is 117 Å². The van der Waals surface area contributed by atoms with Gasteiger partial charge in [0.25, 0.3) is 0 Å². The van der Waals surface area contributed by atoms with E-state index in [-0.39, 0.29) is 18.3 Å². The molecule has 18 heavy (non-hydrogen) atoms. The van der Waals surface area contributed by atoms with Gasteiger partial charge in [0.1, 0.15) is 0 Å². The number of hydrogen-bond acceptors (Lipinski definition) is 3. The summed E-state index contributed by atoms with van der Waals surface area (Å²) in [6, 6.07) is 6.05. The van der Waals surface area contributed by atoms with Gasteiger partial charge in [-0.05, 0) is 39.0 Å². The summed E-state index contributed by atoms with van der Waals surface area (Å²) in [5.74, 6) is 0. The summed E-state index contributed by atoms with van der Waals surface area (Å²) in [6.07, 6.45) is 0.198. The molecule has 1 fully saturated rings. The third kappa shape index (κ3) is 3.05. The van der Waals surface area contributed by atoms with E-state index in [2.05, 4.69) is 47.7 Å². The molecule has 1 heterocycles. The zero-order chi connectivity index (χ0) is 13.3. The lowest BCUT2D eigenvalue weighted by Crippen LogP contribution is -2.52. The number of rotatable bonds is 2. The number of aliphatic hydroxyl groups is 1. The Bertz CT molecular complexity index is 434. The molecule has 3 nitrogen and oxygen atoms in total. The molecule has 0 amide bonds. The lowest BCUT2D eigenvalue weighted by molar-refractivity contribution is -0.0750. The largest absolute Gasteiger partial charge is 0.392 e. The van der Waals surface area contributed by atoms with Crippen LogP contribution >= 0.6 is 15.9 Å². The minimum atomic E-state index is -0.155. The molecule has 0 saturated carbocycles. The van der Waals surface area contributed by atoms with Crippen LogP contribution in [0.4, 0.5) is 5.69 Å². The first-order valence-electron chi connectivity index (χ1n) is 6.23. The molecule has 1 aliphatic heterocycles. The smallest absolute Gasteiger partial charge is 0.0805 e. The predicted octanol–water partition coefficient (Wildman–Crippen LogP) is 2.95. The number of benzene rings is 1. The molecule has 2 rings (SSSR count). The van der Waals surface area contributed by atoms with Gasteiger partial charge < -0.3 is 14.7 Å². The number of hydrogen-bond donors (Lipinski definition) is 1. The lowest BCUT2D eigenvalue weighted by Gasteiger charge is -2.43. The minimum absolute atomic E-state index is 0.0565. The van der Waals surface area contributed by atoms with Crippen molar-refractivity contribution in [1.29, 1.82) is 0 Å². The van der Waals surface area contributed by atoms with Gasteiger partial charge in [0, 0.05) is 28.8 Å². The average Bonchev–Trinajstić information content (AvgIpc) is 2.25. The monoisotopic (exact) mass is 313 g/mol. The van der Waals surface area contributed by atoms with Crippen LogP contribution in [0, 0.1) is 0 Å². The summed E-state index contributed by atoms with van der Waals surface area (Å²) in [6.45, 7) is 8.05. The van der Waals surface area contributed by atoms with Crippen LogP contribution in [-0.2, 0) is 11.3 Å². The molecule has 0 bridgehead atoms. The van der Waals surface area contributed by atoms with Crippen LogP contribution in [0.25, 0.3) is 0 Å². The maximum Gasteiger partial charge on any atom is 0.0805 e. The van der Waals surface area contributed by atoms with Crippen molar-refractivity contribution in [2.45, 2.75) is 39.1 Å². The fourth-order valence-corrected chi connectivity index (χ4v) is 3.03. The first kappa shape index (κ1) is 13.8. The zero-order valence-electron chi connectivity index (χ0n) is 11.1. The molecule has 1 aromatic rings. The van der Waals surface area contributed by atoms with E-state index in [1.807, 2.05) is 12.1 Å². The molecule has 1 saturated heterocycles. The highest BCUT2D eigenvalue weighted by Crippen LogP contribution is 2.30. The Morgan fingerprint density at radius 1 is 1.50 bits per heavy atom. The Hall–Kier alpha value is -0.580. The molecule has 1 atom stereocenters. The van der Waals surface area contributed by atoms with E-state index < -0.39 is 0 Å². The van der Waals surface area contributed by atoms with E-state index in [1.54, 1.807) is 0 Å². The molecule has 1 unspecified atom stereocenters. The molecule has 1 N–H and O–H groups in total. The number of morpholine rings is 1. The second-order valence-corrected chi connectivity index (χ2v) is 6.42. The average molecular weight is 314 g/mol. The summed E-state index contributed by atoms with van der Waals surface area (Å²) in [5.41, 5.74) is 1.90. The van der Waals surface area contributed by atoms with Crippen molar-refractivity contribution in [1.82, 2.24) is 0 Å². The van der Waals surface area contributed by atoms with Crippen LogP contribution in [0.15, 0.2) is 22.7 Å². The molecule has 0 aliphatic carbocycles. The van der Waals surface area contributed by atoms with Gasteiger partial charge in [0.15, 0.2) is 0 Å². The standard InChI is InChI=1S/C14H20BrNO2/c1-10-7-16(9-14(2,3)18-10)13-5-4-12(15)6-11(13)8-17/h4-6,10,17H,7-9H2,1-3H3. The van der Waals surface area contributed by atoms with Crippen molar-refractivity contribution >= 4 is 21.6 Å². The molecule has 1 aliphatic rings. The Balaban J connectivity index is 2.30. The highest BCUT2D eigenvalue weighted by molar-refractivity contribution is 9.10. The van der Waals surface area contributed by atoms with Gasteiger partial charge in [-0.3, -0.25) is 0 Å². The van der Waals surface area contributed by atoms with E-state index in [0.29, 0.717) is 0 Å². The van der Waals surface area contributed by atoms with Gasteiger partial charge in [-0.2, -0.15) is 0 Å². The maximum atomic E-state index is 9.49. The fraction of sp³-hybridized carbons (Fsp3) is 0.571. The van der Waals surface area contributed by atoms with Crippen molar-refractivity contribution in [2.24, 2.45) is 0 Å². The van der Waals surface area contributed by atoms with Gasteiger partial charge in [0.2, 0.25) is 0 Å². The van der Waals surface area contributed by atoms with Crippen LogP contribution in [-0.4, -0.2) is 29.9 Å². The van der Waals surface area contributed by atoms with E-state index in [4.69, 9.17) is 4.74 Å². The van der Waals surface area contributed by atoms with Crippen molar-refractivity contribution in [3.8, 4) is 0 Å². The summed E-state index contributed by atoms with van der Waals surface area (Å²) in [5, 5.41) is 9.49. The molecule has 100 valence electrons. The van der Waals surface area contributed by atoms with Crippen LogP contribution in [0.2, 0.25) is 0 Å². The first-order valence-corrected chi connectivity index (χ1v) is 7.02. The molecule has 0 radical (unpaired) electrons. The summed E-state index contributed by atoms with van der Waals surface area (Å²) >= 11 is 3.44. The maximum absolute atomic E-state index is 9.49. The third-order valence-corrected chi connectivity index (χ3v) is 3.62. The van der Waals surface area contributed by atoms with Crippen LogP contribution in [0.5, 0.6) is 0 Å². The zero-order valence-corrected chi connectivity index (χ0v) is 12.7. The fourth-order valence-electron chi connectivity index (χ4n) is 2.63. The SMILES string of the molecule is CC1CN(c2ccc(Br)cc2CO)CC(C)(C)O1. The van der Waals surface area contributed by atoms with E-state index in [0.717, 1.165) is 28.8 Å². The highest BCUT2D eigenvalue weighted by atomic mass is 79.9. The third-order valence-electron chi connectivity index (χ3n) is 3.12. The first-order chi connectivity index (χ1) is 8.41. The molecule has 0 aromatic heterocycles. The van der Waals surface area contributed by atoms with E-state index in [1.165, 1.54) is 0 Å². The van der Waals surface area contributed by atoms with Crippen molar-refractivity contribution in [3.05, 3.63) is 28.2 Å². The summed E-state index contributed by atoms with van der Waals surface area (Å²) in [4.78, 5) is 2.30. The van der Waals surface area contributed by atoms with Crippen molar-refractivity contribution in [3.63, 3.8) is 0 Å². The Morgan fingerprint density at radius 2 is 2.22 bits per heavy atom. The molecular weight excluding hydrogens is 294 g/mol. The molecule has 0 spiro atoms. The van der Waals surface area contributed by atoms with Gasteiger partial charge in [0.05, 0.1) is 18.3 Å². The van der Waals surface area contributed by atoms with Gasteiger partial charge in [-0.25, -0.2) is 0 Å². The highest BCUT2D eigenvalue weighted by Gasteiger charge is 2.32. The normalized spacial score (nSPS) is 23.2. The van der Waals surface area contributed by atoms with Gasteiger partial charge >= 0.3 is 0 Å². The number of nitrogens with zero attached hydrogens (tertiary/aromatic N) is 1. The van der Waals surface area contributed by atoms with Gasteiger partial charge in [-0.1, -0.05) is 15.9 Å². The summed E-state index contributed by atoms with van der Waals surface area (Å²) < 4.78 is 6.91.